The van der Waals surface area contributed by atoms with E-state index in [2.05, 4.69) is 4.98 Å². The Bertz CT molecular complexity index is 610. The minimum absolute atomic E-state index is 0.160. The minimum atomic E-state index is -0.289. The SMILES string of the molecule is O=C(c1cnc(Cc2ccc(F)cc2)s1)N(CCO)CCO. The Hall–Kier alpha value is -1.83. The van der Waals surface area contributed by atoms with Gasteiger partial charge in [0.2, 0.25) is 0 Å². The molecule has 2 rings (SSSR count). The molecule has 0 aliphatic carbocycles. The van der Waals surface area contributed by atoms with Gasteiger partial charge in [0.15, 0.2) is 0 Å². The highest BCUT2D eigenvalue weighted by atomic mass is 32.1. The normalized spacial score (nSPS) is 10.7. The summed E-state index contributed by atoms with van der Waals surface area (Å²) in [5.41, 5.74) is 0.914. The van der Waals surface area contributed by atoms with E-state index in [1.165, 1.54) is 34.6 Å². The zero-order chi connectivity index (χ0) is 15.9. The molecule has 7 heteroatoms. The maximum Gasteiger partial charge on any atom is 0.265 e. The summed E-state index contributed by atoms with van der Waals surface area (Å²) >= 11 is 1.26. The number of carbonyl (C=O) groups excluding carboxylic acids is 1. The number of carbonyl (C=O) groups is 1. The summed E-state index contributed by atoms with van der Waals surface area (Å²) in [4.78, 5) is 18.3. The van der Waals surface area contributed by atoms with Crippen molar-refractivity contribution in [2.24, 2.45) is 0 Å². The van der Waals surface area contributed by atoms with E-state index in [9.17, 15) is 9.18 Å². The molecule has 0 bridgehead atoms. The summed E-state index contributed by atoms with van der Waals surface area (Å²) < 4.78 is 12.9. The number of aliphatic hydroxyl groups is 2. The molecule has 1 aromatic heterocycles. The maximum absolute atomic E-state index is 12.9. The van der Waals surface area contributed by atoms with Crippen LogP contribution in [0.2, 0.25) is 0 Å². The number of aromatic nitrogens is 1. The third kappa shape index (κ3) is 4.33. The standard InChI is InChI=1S/C15H17FN2O3S/c16-12-3-1-11(2-4-12)9-14-17-10-13(22-14)15(21)18(5-7-19)6-8-20/h1-4,10,19-20H,5-9H2. The molecule has 0 atom stereocenters. The van der Waals surface area contributed by atoms with Crippen molar-refractivity contribution in [3.8, 4) is 0 Å². The highest BCUT2D eigenvalue weighted by molar-refractivity contribution is 7.13. The Labute approximate surface area is 131 Å². The average Bonchev–Trinajstić information content (AvgIpc) is 2.97. The third-order valence-corrected chi connectivity index (χ3v) is 4.05. The van der Waals surface area contributed by atoms with Crippen LogP contribution in [-0.2, 0) is 6.42 Å². The van der Waals surface area contributed by atoms with Gasteiger partial charge in [0.1, 0.15) is 10.7 Å². The molecule has 22 heavy (non-hydrogen) atoms. The van der Waals surface area contributed by atoms with Crippen molar-refractivity contribution >= 4 is 17.2 Å². The van der Waals surface area contributed by atoms with Crippen LogP contribution in [0.5, 0.6) is 0 Å². The van der Waals surface area contributed by atoms with Crippen molar-refractivity contribution in [2.45, 2.75) is 6.42 Å². The summed E-state index contributed by atoms with van der Waals surface area (Å²) in [7, 11) is 0. The van der Waals surface area contributed by atoms with E-state index in [0.29, 0.717) is 11.3 Å². The molecule has 0 saturated carbocycles. The van der Waals surface area contributed by atoms with Gasteiger partial charge in [-0.05, 0) is 17.7 Å². The smallest absolute Gasteiger partial charge is 0.265 e. The largest absolute Gasteiger partial charge is 0.395 e. The zero-order valence-electron chi connectivity index (χ0n) is 11.9. The number of halogens is 1. The first kappa shape index (κ1) is 16.5. The average molecular weight is 324 g/mol. The Kier molecular flexibility index (Phi) is 6.00. The Morgan fingerprint density at radius 3 is 2.41 bits per heavy atom. The molecule has 1 heterocycles. The third-order valence-electron chi connectivity index (χ3n) is 3.06. The van der Waals surface area contributed by atoms with Crippen LogP contribution in [0.15, 0.2) is 30.5 Å². The quantitative estimate of drug-likeness (QED) is 0.805. The number of rotatable bonds is 7. The molecule has 5 nitrogen and oxygen atoms in total. The van der Waals surface area contributed by atoms with Crippen molar-refractivity contribution in [1.29, 1.82) is 0 Å². The fraction of sp³-hybridized carbons (Fsp3) is 0.333. The van der Waals surface area contributed by atoms with E-state index in [1.807, 2.05) is 0 Å². The first-order chi connectivity index (χ1) is 10.6. The Balaban J connectivity index is 2.06. The number of hydrogen-bond donors (Lipinski definition) is 2. The predicted octanol–water partition coefficient (Wildman–Crippen LogP) is 1.30. The van der Waals surface area contributed by atoms with Crippen LogP contribution in [0.4, 0.5) is 4.39 Å². The van der Waals surface area contributed by atoms with Gasteiger partial charge in [0, 0.05) is 19.5 Å². The highest BCUT2D eigenvalue weighted by Crippen LogP contribution is 2.18. The second kappa shape index (κ2) is 7.98. The lowest BCUT2D eigenvalue weighted by atomic mass is 10.2. The molecule has 0 aliphatic heterocycles. The zero-order valence-corrected chi connectivity index (χ0v) is 12.7. The summed E-state index contributed by atoms with van der Waals surface area (Å²) in [6, 6.07) is 6.14. The van der Waals surface area contributed by atoms with Gasteiger partial charge >= 0.3 is 0 Å². The van der Waals surface area contributed by atoms with Crippen LogP contribution in [0.1, 0.15) is 20.2 Å². The number of hydrogen-bond acceptors (Lipinski definition) is 5. The van der Waals surface area contributed by atoms with Gasteiger partial charge in [-0.25, -0.2) is 9.37 Å². The first-order valence-corrected chi connectivity index (χ1v) is 7.66. The Morgan fingerprint density at radius 2 is 1.82 bits per heavy atom. The molecule has 0 aliphatic rings. The molecule has 0 saturated heterocycles. The topological polar surface area (TPSA) is 73.7 Å². The van der Waals surface area contributed by atoms with Gasteiger partial charge in [-0.1, -0.05) is 12.1 Å². The van der Waals surface area contributed by atoms with E-state index in [-0.39, 0.29) is 38.0 Å². The van der Waals surface area contributed by atoms with Gasteiger partial charge in [0.05, 0.1) is 24.4 Å². The van der Waals surface area contributed by atoms with Crippen LogP contribution < -0.4 is 0 Å². The second-order valence-corrected chi connectivity index (χ2v) is 5.78. The van der Waals surface area contributed by atoms with E-state index in [1.54, 1.807) is 12.1 Å². The van der Waals surface area contributed by atoms with Gasteiger partial charge < -0.3 is 15.1 Å². The van der Waals surface area contributed by atoms with Crippen molar-refractivity contribution in [3.05, 3.63) is 51.7 Å². The molecule has 0 fully saturated rings. The number of amides is 1. The van der Waals surface area contributed by atoms with Crippen LogP contribution in [0, 0.1) is 5.82 Å². The molecule has 2 N–H and O–H groups in total. The monoisotopic (exact) mass is 324 g/mol. The lowest BCUT2D eigenvalue weighted by Crippen LogP contribution is -2.35. The second-order valence-electron chi connectivity index (χ2n) is 4.66. The lowest BCUT2D eigenvalue weighted by molar-refractivity contribution is 0.0689. The fourth-order valence-electron chi connectivity index (χ4n) is 1.98. The number of thiazole rings is 1. The van der Waals surface area contributed by atoms with Crippen molar-refractivity contribution in [3.63, 3.8) is 0 Å². The molecule has 0 radical (unpaired) electrons. The predicted molar refractivity (Wildman–Crippen MR) is 81.4 cm³/mol. The summed E-state index contributed by atoms with van der Waals surface area (Å²) in [6.07, 6.45) is 2.02. The van der Waals surface area contributed by atoms with E-state index in [0.717, 1.165) is 10.6 Å². The molecule has 118 valence electrons. The van der Waals surface area contributed by atoms with Gasteiger partial charge in [-0.3, -0.25) is 4.79 Å². The van der Waals surface area contributed by atoms with E-state index < -0.39 is 0 Å². The van der Waals surface area contributed by atoms with Crippen molar-refractivity contribution in [1.82, 2.24) is 9.88 Å². The van der Waals surface area contributed by atoms with Crippen molar-refractivity contribution < 1.29 is 19.4 Å². The lowest BCUT2D eigenvalue weighted by Gasteiger charge is -2.19. The van der Waals surface area contributed by atoms with Crippen LogP contribution in [0.25, 0.3) is 0 Å². The fourth-order valence-corrected chi connectivity index (χ4v) is 2.90. The summed E-state index contributed by atoms with van der Waals surface area (Å²) in [5, 5.41) is 18.7. The van der Waals surface area contributed by atoms with Crippen LogP contribution >= 0.6 is 11.3 Å². The molecule has 0 unspecified atom stereocenters. The molecule has 1 amide bonds. The molecule has 2 aromatic rings. The van der Waals surface area contributed by atoms with Crippen LogP contribution in [0.3, 0.4) is 0 Å². The Morgan fingerprint density at radius 1 is 1.18 bits per heavy atom. The van der Waals surface area contributed by atoms with E-state index in [4.69, 9.17) is 10.2 Å². The molecule has 0 spiro atoms. The number of benzene rings is 1. The minimum Gasteiger partial charge on any atom is -0.395 e. The number of aliphatic hydroxyl groups excluding tert-OH is 2. The van der Waals surface area contributed by atoms with Gasteiger partial charge in [-0.15, -0.1) is 11.3 Å². The van der Waals surface area contributed by atoms with Gasteiger partial charge in [0.25, 0.3) is 5.91 Å². The maximum atomic E-state index is 12.9. The molecular weight excluding hydrogens is 307 g/mol. The summed E-state index contributed by atoms with van der Waals surface area (Å²) in [6.45, 7) is 0.0230. The summed E-state index contributed by atoms with van der Waals surface area (Å²) in [5.74, 6) is -0.548. The van der Waals surface area contributed by atoms with E-state index >= 15 is 0 Å². The highest BCUT2D eigenvalue weighted by Gasteiger charge is 2.17. The first-order valence-electron chi connectivity index (χ1n) is 6.84. The van der Waals surface area contributed by atoms with Gasteiger partial charge in [-0.2, -0.15) is 0 Å². The number of nitrogens with zero attached hydrogens (tertiary/aromatic N) is 2. The van der Waals surface area contributed by atoms with Crippen LogP contribution in [-0.4, -0.2) is 52.3 Å². The molecular formula is C15H17FN2O3S. The molecule has 1 aromatic carbocycles. The van der Waals surface area contributed by atoms with Crippen molar-refractivity contribution in [2.75, 3.05) is 26.3 Å².